The summed E-state index contributed by atoms with van der Waals surface area (Å²) in [7, 11) is 3.71. The topological polar surface area (TPSA) is 53.9 Å². The number of carbonyl (C=O) groups is 1. The summed E-state index contributed by atoms with van der Waals surface area (Å²) in [6, 6.07) is 8.50. The van der Waals surface area contributed by atoms with Gasteiger partial charge in [0.15, 0.2) is 5.17 Å². The molecule has 26 heavy (non-hydrogen) atoms. The largest absolute Gasteiger partial charge is 0.497 e. The van der Waals surface area contributed by atoms with Crippen molar-refractivity contribution in [3.63, 3.8) is 0 Å². The van der Waals surface area contributed by atoms with Crippen molar-refractivity contribution in [3.05, 3.63) is 29.8 Å². The van der Waals surface area contributed by atoms with E-state index in [1.54, 1.807) is 18.9 Å². The Morgan fingerprint density at radius 1 is 1.31 bits per heavy atom. The number of methoxy groups -OCH3 is 1. The van der Waals surface area contributed by atoms with Gasteiger partial charge >= 0.3 is 0 Å². The normalized spacial score (nSPS) is 21.7. The number of nitrogens with one attached hydrogen (secondary N) is 1. The number of amides is 1. The molecule has 1 amide bonds. The maximum absolute atomic E-state index is 12.3. The maximum atomic E-state index is 12.3. The van der Waals surface area contributed by atoms with Gasteiger partial charge in [0.2, 0.25) is 5.91 Å². The summed E-state index contributed by atoms with van der Waals surface area (Å²) in [5.41, 5.74) is 1.08. The molecule has 0 aromatic heterocycles. The van der Waals surface area contributed by atoms with E-state index in [1.165, 1.54) is 25.7 Å². The molecule has 1 N–H and O–H groups in total. The van der Waals surface area contributed by atoms with Crippen molar-refractivity contribution in [1.82, 2.24) is 10.2 Å². The van der Waals surface area contributed by atoms with Crippen LogP contribution in [0.3, 0.4) is 0 Å². The molecule has 1 aliphatic heterocycles. The smallest absolute Gasteiger partial charge is 0.222 e. The summed E-state index contributed by atoms with van der Waals surface area (Å²) < 4.78 is 5.15. The number of rotatable bonds is 6. The molecule has 1 aromatic rings. The molecule has 1 aliphatic carbocycles. The van der Waals surface area contributed by atoms with Crippen molar-refractivity contribution in [2.45, 2.75) is 50.7 Å². The van der Waals surface area contributed by atoms with Gasteiger partial charge in [-0.3, -0.25) is 9.79 Å². The highest BCUT2D eigenvalue weighted by Crippen LogP contribution is 2.28. The Bertz CT molecular complexity index is 618. The van der Waals surface area contributed by atoms with E-state index < -0.39 is 0 Å². The number of benzene rings is 1. The molecule has 2 fully saturated rings. The third-order valence-electron chi connectivity index (χ3n) is 4.94. The van der Waals surface area contributed by atoms with Crippen LogP contribution in [0.25, 0.3) is 0 Å². The highest BCUT2D eigenvalue weighted by Gasteiger charge is 2.29. The average Bonchev–Trinajstić information content (AvgIpc) is 3.26. The van der Waals surface area contributed by atoms with E-state index in [0.29, 0.717) is 19.0 Å². The zero-order valence-electron chi connectivity index (χ0n) is 15.4. The minimum Gasteiger partial charge on any atom is -0.497 e. The van der Waals surface area contributed by atoms with E-state index in [2.05, 4.69) is 17.3 Å². The molecular weight excluding hydrogens is 370 g/mol. The fourth-order valence-corrected chi connectivity index (χ4v) is 4.54. The van der Waals surface area contributed by atoms with Gasteiger partial charge in [0.25, 0.3) is 0 Å². The van der Waals surface area contributed by atoms with Gasteiger partial charge in [-0.1, -0.05) is 36.7 Å². The lowest BCUT2D eigenvalue weighted by molar-refractivity contribution is -0.121. The van der Waals surface area contributed by atoms with Crippen LogP contribution >= 0.6 is 24.2 Å². The SMILES string of the molecule is COc1ccc(CNC(=O)CC2CS/C(=N\C3CCCC3)N2C)cc1.Cl. The molecule has 0 radical (unpaired) electrons. The van der Waals surface area contributed by atoms with Crippen molar-refractivity contribution in [1.29, 1.82) is 0 Å². The number of carbonyl (C=O) groups excluding carboxylic acids is 1. The predicted octanol–water partition coefficient (Wildman–Crippen LogP) is 3.47. The first-order valence-corrected chi connectivity index (χ1v) is 9.97. The number of nitrogens with zero attached hydrogens (tertiary/aromatic N) is 2. The van der Waals surface area contributed by atoms with Crippen molar-refractivity contribution in [2.24, 2.45) is 4.99 Å². The van der Waals surface area contributed by atoms with Crippen LogP contribution in [0.4, 0.5) is 0 Å². The summed E-state index contributed by atoms with van der Waals surface area (Å²) in [5.74, 6) is 1.86. The molecule has 1 aromatic carbocycles. The van der Waals surface area contributed by atoms with Crippen LogP contribution in [-0.2, 0) is 11.3 Å². The Balaban J connectivity index is 0.00000243. The Labute approximate surface area is 166 Å². The minimum absolute atomic E-state index is 0. The van der Waals surface area contributed by atoms with Gasteiger partial charge in [0, 0.05) is 31.8 Å². The van der Waals surface area contributed by atoms with Gasteiger partial charge in [-0.15, -0.1) is 12.4 Å². The van der Waals surface area contributed by atoms with Crippen LogP contribution in [0.15, 0.2) is 29.3 Å². The number of amidine groups is 1. The molecule has 5 nitrogen and oxygen atoms in total. The number of halogens is 1. The lowest BCUT2D eigenvalue weighted by Crippen LogP contribution is -2.36. The monoisotopic (exact) mass is 397 g/mol. The van der Waals surface area contributed by atoms with Gasteiger partial charge in [-0.2, -0.15) is 0 Å². The third kappa shape index (κ3) is 5.55. The molecule has 7 heteroatoms. The minimum atomic E-state index is 0. The molecule has 1 saturated carbocycles. The quantitative estimate of drug-likeness (QED) is 0.798. The Morgan fingerprint density at radius 3 is 2.65 bits per heavy atom. The van der Waals surface area contributed by atoms with E-state index in [4.69, 9.17) is 9.73 Å². The van der Waals surface area contributed by atoms with Crippen molar-refractivity contribution in [3.8, 4) is 5.75 Å². The molecule has 1 heterocycles. The van der Waals surface area contributed by atoms with E-state index in [9.17, 15) is 4.79 Å². The summed E-state index contributed by atoms with van der Waals surface area (Å²) in [5, 5.41) is 4.13. The first-order chi connectivity index (χ1) is 12.2. The average molecular weight is 398 g/mol. The molecule has 1 unspecified atom stereocenters. The van der Waals surface area contributed by atoms with Gasteiger partial charge < -0.3 is 15.0 Å². The Kier molecular flexibility index (Phi) is 8.10. The summed E-state index contributed by atoms with van der Waals surface area (Å²) in [6.07, 6.45) is 5.54. The fraction of sp³-hybridized carbons (Fsp3) is 0.579. The standard InChI is InChI=1S/C19H27N3O2S.ClH/c1-22-16(13-25-19(22)21-15-5-3-4-6-15)11-18(23)20-12-14-7-9-17(24-2)10-8-14;/h7-10,15-16H,3-6,11-13H2,1-2H3,(H,20,23);1H/b21-19-;. The van der Waals surface area contributed by atoms with Gasteiger partial charge in [0.1, 0.15) is 5.75 Å². The molecule has 0 bridgehead atoms. The Hall–Kier alpha value is -1.40. The van der Waals surface area contributed by atoms with Crippen LogP contribution in [-0.4, -0.2) is 48.0 Å². The van der Waals surface area contributed by atoms with Crippen LogP contribution in [0, 0.1) is 0 Å². The molecule has 1 atom stereocenters. The first kappa shape index (κ1) is 20.9. The zero-order valence-corrected chi connectivity index (χ0v) is 17.1. The zero-order chi connectivity index (χ0) is 17.6. The van der Waals surface area contributed by atoms with Crippen LogP contribution in [0.5, 0.6) is 5.75 Å². The summed E-state index contributed by atoms with van der Waals surface area (Å²) in [6.45, 7) is 0.551. The molecule has 144 valence electrons. The second-order valence-electron chi connectivity index (χ2n) is 6.75. The highest BCUT2D eigenvalue weighted by atomic mass is 35.5. The Morgan fingerprint density at radius 2 is 2.00 bits per heavy atom. The number of aliphatic imine (C=N–C) groups is 1. The summed E-state index contributed by atoms with van der Waals surface area (Å²) in [4.78, 5) is 19.4. The fourth-order valence-electron chi connectivity index (χ4n) is 3.28. The van der Waals surface area contributed by atoms with E-state index in [-0.39, 0.29) is 24.4 Å². The first-order valence-electron chi connectivity index (χ1n) is 8.99. The van der Waals surface area contributed by atoms with Crippen LogP contribution in [0.1, 0.15) is 37.7 Å². The molecule has 0 spiro atoms. The van der Waals surface area contributed by atoms with E-state index in [1.807, 2.05) is 24.3 Å². The third-order valence-corrected chi connectivity index (χ3v) is 6.14. The summed E-state index contributed by atoms with van der Waals surface area (Å²) >= 11 is 1.79. The lowest BCUT2D eigenvalue weighted by atomic mass is 10.2. The van der Waals surface area contributed by atoms with Gasteiger partial charge in [0.05, 0.1) is 13.2 Å². The predicted molar refractivity (Wildman–Crippen MR) is 110 cm³/mol. The van der Waals surface area contributed by atoms with Crippen LogP contribution < -0.4 is 10.1 Å². The number of hydrogen-bond donors (Lipinski definition) is 1. The highest BCUT2D eigenvalue weighted by molar-refractivity contribution is 8.14. The van der Waals surface area contributed by atoms with E-state index >= 15 is 0 Å². The van der Waals surface area contributed by atoms with E-state index in [0.717, 1.165) is 22.2 Å². The number of hydrogen-bond acceptors (Lipinski definition) is 4. The molecule has 3 rings (SSSR count). The van der Waals surface area contributed by atoms with Crippen molar-refractivity contribution < 1.29 is 9.53 Å². The molecule has 2 aliphatic rings. The van der Waals surface area contributed by atoms with Crippen LogP contribution in [0.2, 0.25) is 0 Å². The molecule has 1 saturated heterocycles. The second kappa shape index (κ2) is 10.1. The van der Waals surface area contributed by atoms with Gasteiger partial charge in [-0.05, 0) is 30.5 Å². The van der Waals surface area contributed by atoms with Crippen molar-refractivity contribution in [2.75, 3.05) is 19.9 Å². The maximum Gasteiger partial charge on any atom is 0.222 e. The lowest BCUT2D eigenvalue weighted by Gasteiger charge is -2.21. The van der Waals surface area contributed by atoms with Gasteiger partial charge in [-0.25, -0.2) is 0 Å². The number of thioether (sulfide) groups is 1. The number of ether oxygens (including phenoxy) is 1. The van der Waals surface area contributed by atoms with Crippen molar-refractivity contribution >= 4 is 35.2 Å². The second-order valence-corrected chi connectivity index (χ2v) is 7.74. The molecular formula is C19H28ClN3O2S.